The van der Waals surface area contributed by atoms with Gasteiger partial charge in [0.15, 0.2) is 0 Å². The first-order chi connectivity index (χ1) is 8.63. The summed E-state index contributed by atoms with van der Waals surface area (Å²) in [5, 5.41) is 0. The molecule has 0 aliphatic carbocycles. The third-order valence-electron chi connectivity index (χ3n) is 2.67. The maximum absolute atomic E-state index is 12.8. The fraction of sp³-hybridized carbons (Fsp3) is 0.214. The summed E-state index contributed by atoms with van der Waals surface area (Å²) in [6, 6.07) is 8.48. The molecule has 0 aliphatic rings. The van der Waals surface area contributed by atoms with Crippen molar-refractivity contribution in [1.29, 1.82) is 0 Å². The smallest absolute Gasteiger partial charge is 0.123 e. The van der Waals surface area contributed by atoms with E-state index in [4.69, 9.17) is 5.73 Å². The molecule has 1 unspecified atom stereocenters. The van der Waals surface area contributed by atoms with E-state index in [0.29, 0.717) is 0 Å². The van der Waals surface area contributed by atoms with Gasteiger partial charge in [-0.25, -0.2) is 4.39 Å². The number of halogens is 2. The molecule has 2 nitrogen and oxygen atoms in total. The van der Waals surface area contributed by atoms with E-state index in [2.05, 4.69) is 20.9 Å². The Hall–Kier alpha value is -1.26. The van der Waals surface area contributed by atoms with Crippen LogP contribution in [-0.4, -0.2) is 11.0 Å². The van der Waals surface area contributed by atoms with Crippen molar-refractivity contribution in [3.05, 3.63) is 64.1 Å². The summed E-state index contributed by atoms with van der Waals surface area (Å²) >= 11 is 3.38. The van der Waals surface area contributed by atoms with Crippen molar-refractivity contribution in [2.24, 2.45) is 5.73 Å². The Kier molecular flexibility index (Phi) is 4.44. The van der Waals surface area contributed by atoms with Crippen molar-refractivity contribution in [1.82, 2.24) is 4.98 Å². The Bertz CT molecular complexity index is 513. The average Bonchev–Trinajstić information content (AvgIpc) is 2.32. The van der Waals surface area contributed by atoms with Crippen LogP contribution in [0.3, 0.4) is 0 Å². The predicted molar refractivity (Wildman–Crippen MR) is 73.7 cm³/mol. The standard InChI is InChI=1S/C14H14BrFN2/c15-12-5-11(8-18-9-12)7-14(17)6-10-1-3-13(16)4-2-10/h1-5,8-9,14H,6-7,17H2. The van der Waals surface area contributed by atoms with Gasteiger partial charge in [0.25, 0.3) is 0 Å². The molecule has 0 spiro atoms. The molecule has 2 rings (SSSR count). The van der Waals surface area contributed by atoms with Gasteiger partial charge in [-0.3, -0.25) is 4.98 Å². The van der Waals surface area contributed by atoms with E-state index in [0.717, 1.165) is 28.4 Å². The number of rotatable bonds is 4. The van der Waals surface area contributed by atoms with E-state index in [1.165, 1.54) is 12.1 Å². The van der Waals surface area contributed by atoms with E-state index in [9.17, 15) is 4.39 Å². The van der Waals surface area contributed by atoms with E-state index in [1.807, 2.05) is 12.3 Å². The van der Waals surface area contributed by atoms with Gasteiger partial charge in [-0.2, -0.15) is 0 Å². The molecule has 2 aromatic rings. The van der Waals surface area contributed by atoms with E-state index < -0.39 is 0 Å². The molecule has 1 aromatic heterocycles. The molecule has 0 saturated carbocycles. The normalized spacial score (nSPS) is 12.4. The van der Waals surface area contributed by atoms with Crippen molar-refractivity contribution in [3.63, 3.8) is 0 Å². The minimum atomic E-state index is -0.219. The Balaban J connectivity index is 1.96. The largest absolute Gasteiger partial charge is 0.327 e. The SMILES string of the molecule is NC(Cc1ccc(F)cc1)Cc1cncc(Br)c1. The summed E-state index contributed by atoms with van der Waals surface area (Å²) in [5.41, 5.74) is 8.23. The summed E-state index contributed by atoms with van der Waals surface area (Å²) < 4.78 is 13.7. The van der Waals surface area contributed by atoms with Gasteiger partial charge in [0, 0.05) is 22.9 Å². The second kappa shape index (κ2) is 6.07. The van der Waals surface area contributed by atoms with E-state index >= 15 is 0 Å². The van der Waals surface area contributed by atoms with Gasteiger partial charge in [0.1, 0.15) is 5.82 Å². The highest BCUT2D eigenvalue weighted by atomic mass is 79.9. The molecular formula is C14H14BrFN2. The molecule has 0 amide bonds. The highest BCUT2D eigenvalue weighted by Gasteiger charge is 2.06. The minimum absolute atomic E-state index is 0.00608. The topological polar surface area (TPSA) is 38.9 Å². The molecule has 4 heteroatoms. The highest BCUT2D eigenvalue weighted by Crippen LogP contribution is 2.12. The zero-order valence-corrected chi connectivity index (χ0v) is 11.4. The van der Waals surface area contributed by atoms with Crippen LogP contribution in [0, 0.1) is 5.82 Å². The molecule has 0 radical (unpaired) electrons. The van der Waals surface area contributed by atoms with E-state index in [-0.39, 0.29) is 11.9 Å². The van der Waals surface area contributed by atoms with Gasteiger partial charge in [-0.15, -0.1) is 0 Å². The monoisotopic (exact) mass is 308 g/mol. The minimum Gasteiger partial charge on any atom is -0.327 e. The Morgan fingerprint density at radius 2 is 1.78 bits per heavy atom. The fourth-order valence-corrected chi connectivity index (χ4v) is 2.28. The van der Waals surface area contributed by atoms with Gasteiger partial charge in [-0.05, 0) is 58.1 Å². The lowest BCUT2D eigenvalue weighted by Crippen LogP contribution is -2.25. The van der Waals surface area contributed by atoms with Crippen molar-refractivity contribution < 1.29 is 4.39 Å². The number of aromatic nitrogens is 1. The molecule has 2 N–H and O–H groups in total. The summed E-state index contributed by atoms with van der Waals surface area (Å²) in [6.45, 7) is 0. The second-order valence-electron chi connectivity index (χ2n) is 4.31. The number of hydrogen-bond acceptors (Lipinski definition) is 2. The zero-order chi connectivity index (χ0) is 13.0. The summed E-state index contributed by atoms with van der Waals surface area (Å²) in [5.74, 6) is -0.219. The van der Waals surface area contributed by atoms with E-state index in [1.54, 1.807) is 18.3 Å². The van der Waals surface area contributed by atoms with Crippen molar-refractivity contribution in [2.45, 2.75) is 18.9 Å². The number of hydrogen-bond donors (Lipinski definition) is 1. The summed E-state index contributed by atoms with van der Waals surface area (Å²) in [7, 11) is 0. The number of nitrogens with two attached hydrogens (primary N) is 1. The Morgan fingerprint density at radius 1 is 1.11 bits per heavy atom. The molecular weight excluding hydrogens is 295 g/mol. The zero-order valence-electron chi connectivity index (χ0n) is 9.81. The molecule has 1 atom stereocenters. The molecule has 0 bridgehead atoms. The number of pyridine rings is 1. The van der Waals surface area contributed by atoms with Crippen LogP contribution >= 0.6 is 15.9 Å². The first-order valence-electron chi connectivity index (χ1n) is 5.73. The fourth-order valence-electron chi connectivity index (χ4n) is 1.87. The molecule has 18 heavy (non-hydrogen) atoms. The lowest BCUT2D eigenvalue weighted by molar-refractivity contribution is 0.623. The van der Waals surface area contributed by atoms with Crippen molar-refractivity contribution in [3.8, 4) is 0 Å². The van der Waals surface area contributed by atoms with Crippen LogP contribution in [0.4, 0.5) is 4.39 Å². The lowest BCUT2D eigenvalue weighted by atomic mass is 10.0. The van der Waals surface area contributed by atoms with Crippen LogP contribution in [0.5, 0.6) is 0 Å². The van der Waals surface area contributed by atoms with Crippen LogP contribution < -0.4 is 5.73 Å². The van der Waals surface area contributed by atoms with Crippen LogP contribution in [0.2, 0.25) is 0 Å². The molecule has 0 fully saturated rings. The second-order valence-corrected chi connectivity index (χ2v) is 5.22. The van der Waals surface area contributed by atoms with Crippen LogP contribution in [0.25, 0.3) is 0 Å². The van der Waals surface area contributed by atoms with Gasteiger partial charge >= 0.3 is 0 Å². The first-order valence-corrected chi connectivity index (χ1v) is 6.52. The summed E-state index contributed by atoms with van der Waals surface area (Å²) in [4.78, 5) is 4.10. The third-order valence-corrected chi connectivity index (χ3v) is 3.10. The van der Waals surface area contributed by atoms with Gasteiger partial charge in [0.05, 0.1) is 0 Å². The van der Waals surface area contributed by atoms with Crippen LogP contribution in [-0.2, 0) is 12.8 Å². The van der Waals surface area contributed by atoms with Gasteiger partial charge in [0.2, 0.25) is 0 Å². The third kappa shape index (κ3) is 3.89. The van der Waals surface area contributed by atoms with Crippen LogP contribution in [0.1, 0.15) is 11.1 Å². The maximum Gasteiger partial charge on any atom is 0.123 e. The van der Waals surface area contributed by atoms with Gasteiger partial charge < -0.3 is 5.73 Å². The summed E-state index contributed by atoms with van der Waals surface area (Å²) in [6.07, 6.45) is 5.04. The van der Waals surface area contributed by atoms with Crippen LogP contribution in [0.15, 0.2) is 47.2 Å². The molecule has 1 heterocycles. The predicted octanol–water partition coefficient (Wildman–Crippen LogP) is 3.10. The number of benzene rings is 1. The highest BCUT2D eigenvalue weighted by molar-refractivity contribution is 9.10. The molecule has 1 aromatic carbocycles. The quantitative estimate of drug-likeness (QED) is 0.942. The van der Waals surface area contributed by atoms with Crippen molar-refractivity contribution >= 4 is 15.9 Å². The first kappa shape index (κ1) is 13.2. The Labute approximate surface area is 114 Å². The molecule has 0 saturated heterocycles. The number of nitrogens with zero attached hydrogens (tertiary/aromatic N) is 1. The Morgan fingerprint density at radius 3 is 2.44 bits per heavy atom. The maximum atomic E-state index is 12.8. The molecule has 0 aliphatic heterocycles. The van der Waals surface area contributed by atoms with Crippen molar-refractivity contribution in [2.75, 3.05) is 0 Å². The lowest BCUT2D eigenvalue weighted by Gasteiger charge is -2.11. The van der Waals surface area contributed by atoms with Gasteiger partial charge in [-0.1, -0.05) is 12.1 Å². The average molecular weight is 309 g/mol. The molecule has 94 valence electrons.